The predicted octanol–water partition coefficient (Wildman–Crippen LogP) is 2.26. The van der Waals surface area contributed by atoms with Gasteiger partial charge in [0.25, 0.3) is 0 Å². The summed E-state index contributed by atoms with van der Waals surface area (Å²) in [5.41, 5.74) is 2.33. The molecule has 0 fully saturated rings. The van der Waals surface area contributed by atoms with Gasteiger partial charge in [-0.05, 0) is 37.2 Å². The van der Waals surface area contributed by atoms with Crippen molar-refractivity contribution >= 4 is 28.2 Å². The van der Waals surface area contributed by atoms with Crippen molar-refractivity contribution in [1.82, 2.24) is 15.6 Å². The molecule has 0 spiro atoms. The van der Waals surface area contributed by atoms with Crippen LogP contribution in [0.25, 0.3) is 10.9 Å². The number of thiocarbonyl (C=S) groups is 1. The molecule has 1 aromatic heterocycles. The van der Waals surface area contributed by atoms with Crippen molar-refractivity contribution in [2.75, 3.05) is 13.1 Å². The zero-order valence-electron chi connectivity index (χ0n) is 10.4. The zero-order valence-corrected chi connectivity index (χ0v) is 11.3. The van der Waals surface area contributed by atoms with Gasteiger partial charge in [0.05, 0.1) is 5.52 Å². The number of hydrogen-bond acceptors (Lipinski definition) is 2. The van der Waals surface area contributed by atoms with Crippen molar-refractivity contribution in [1.29, 1.82) is 0 Å². The van der Waals surface area contributed by atoms with E-state index in [1.165, 1.54) is 10.9 Å². The summed E-state index contributed by atoms with van der Waals surface area (Å²) in [7, 11) is 0. The number of fused-ring (bicyclic) bond motifs is 1. The monoisotopic (exact) mass is 259 g/mol. The van der Waals surface area contributed by atoms with Gasteiger partial charge in [-0.2, -0.15) is 0 Å². The second-order valence-corrected chi connectivity index (χ2v) is 4.44. The van der Waals surface area contributed by atoms with Crippen LogP contribution in [0.1, 0.15) is 12.5 Å². The molecule has 0 aliphatic heterocycles. The standard InChI is InChI=1S/C14H17N3S/c1-2-15-14(18)17-10-8-12-6-3-5-11-7-4-9-16-13(11)12/h3-7,9H,2,8,10H2,1H3,(H2,15,17,18). The molecule has 2 aromatic rings. The number of pyridine rings is 1. The topological polar surface area (TPSA) is 37.0 Å². The lowest BCUT2D eigenvalue weighted by Gasteiger charge is -2.09. The first-order chi connectivity index (χ1) is 8.81. The molecule has 0 unspecified atom stereocenters. The Morgan fingerprint density at radius 1 is 1.22 bits per heavy atom. The van der Waals surface area contributed by atoms with Crippen LogP contribution in [0.2, 0.25) is 0 Å². The second-order valence-electron chi connectivity index (χ2n) is 4.03. The Balaban J connectivity index is 2.01. The van der Waals surface area contributed by atoms with Crippen LogP contribution in [0, 0.1) is 0 Å². The first kappa shape index (κ1) is 12.8. The number of nitrogens with zero attached hydrogens (tertiary/aromatic N) is 1. The average molecular weight is 259 g/mol. The molecule has 18 heavy (non-hydrogen) atoms. The lowest BCUT2D eigenvalue weighted by Crippen LogP contribution is -2.36. The molecule has 0 saturated heterocycles. The molecule has 0 aliphatic rings. The van der Waals surface area contributed by atoms with Crippen molar-refractivity contribution in [3.8, 4) is 0 Å². The first-order valence-electron chi connectivity index (χ1n) is 6.15. The fourth-order valence-corrected chi connectivity index (χ4v) is 2.15. The van der Waals surface area contributed by atoms with Gasteiger partial charge in [0.15, 0.2) is 5.11 Å². The molecule has 3 nitrogen and oxygen atoms in total. The van der Waals surface area contributed by atoms with Gasteiger partial charge in [-0.25, -0.2) is 0 Å². The molecule has 94 valence electrons. The van der Waals surface area contributed by atoms with Crippen molar-refractivity contribution in [2.45, 2.75) is 13.3 Å². The Morgan fingerprint density at radius 2 is 2.06 bits per heavy atom. The van der Waals surface area contributed by atoms with E-state index in [1.807, 2.05) is 19.2 Å². The van der Waals surface area contributed by atoms with Crippen molar-refractivity contribution in [3.63, 3.8) is 0 Å². The maximum Gasteiger partial charge on any atom is 0.166 e. The summed E-state index contributed by atoms with van der Waals surface area (Å²) in [6.45, 7) is 3.70. The summed E-state index contributed by atoms with van der Waals surface area (Å²) in [5, 5.41) is 8.16. The Bertz CT molecular complexity index is 534. The number of nitrogens with one attached hydrogen (secondary N) is 2. The van der Waals surface area contributed by atoms with E-state index in [1.54, 1.807) is 0 Å². The summed E-state index contributed by atoms with van der Waals surface area (Å²) < 4.78 is 0. The van der Waals surface area contributed by atoms with E-state index in [0.717, 1.165) is 25.0 Å². The molecular weight excluding hydrogens is 242 g/mol. The molecule has 0 aliphatic carbocycles. The summed E-state index contributed by atoms with van der Waals surface area (Å²) in [6, 6.07) is 10.3. The number of benzene rings is 1. The van der Waals surface area contributed by atoms with E-state index in [-0.39, 0.29) is 0 Å². The molecule has 0 radical (unpaired) electrons. The van der Waals surface area contributed by atoms with Crippen LogP contribution in [0.3, 0.4) is 0 Å². The normalized spacial score (nSPS) is 10.3. The van der Waals surface area contributed by atoms with Crippen LogP contribution in [0.5, 0.6) is 0 Å². The smallest absolute Gasteiger partial charge is 0.166 e. The SMILES string of the molecule is CCNC(=S)NCCc1cccc2cccnc12. The maximum absolute atomic E-state index is 5.13. The average Bonchev–Trinajstić information content (AvgIpc) is 2.39. The lowest BCUT2D eigenvalue weighted by molar-refractivity contribution is 0.831. The highest BCUT2D eigenvalue weighted by atomic mass is 32.1. The van der Waals surface area contributed by atoms with Crippen molar-refractivity contribution in [3.05, 3.63) is 42.1 Å². The summed E-state index contributed by atoms with van der Waals surface area (Å²) in [6.07, 6.45) is 2.75. The Hall–Kier alpha value is -1.68. The molecule has 2 N–H and O–H groups in total. The highest BCUT2D eigenvalue weighted by Gasteiger charge is 2.01. The minimum Gasteiger partial charge on any atom is -0.363 e. The van der Waals surface area contributed by atoms with E-state index >= 15 is 0 Å². The highest BCUT2D eigenvalue weighted by molar-refractivity contribution is 7.80. The van der Waals surface area contributed by atoms with Crippen LogP contribution >= 0.6 is 12.2 Å². The van der Waals surface area contributed by atoms with Crippen LogP contribution < -0.4 is 10.6 Å². The van der Waals surface area contributed by atoms with Crippen molar-refractivity contribution < 1.29 is 0 Å². The summed E-state index contributed by atoms with van der Waals surface area (Å²) in [4.78, 5) is 4.44. The minimum absolute atomic E-state index is 0.714. The molecular formula is C14H17N3S. The largest absolute Gasteiger partial charge is 0.363 e. The van der Waals surface area contributed by atoms with Gasteiger partial charge in [-0.3, -0.25) is 4.98 Å². The first-order valence-corrected chi connectivity index (χ1v) is 6.56. The number of para-hydroxylation sites is 1. The van der Waals surface area contributed by atoms with Crippen LogP contribution in [0.4, 0.5) is 0 Å². The molecule has 2 rings (SSSR count). The van der Waals surface area contributed by atoms with Gasteiger partial charge in [0, 0.05) is 24.7 Å². The Kier molecular flexibility index (Phi) is 4.47. The molecule has 0 bridgehead atoms. The fourth-order valence-electron chi connectivity index (χ4n) is 1.90. The van der Waals surface area contributed by atoms with E-state index in [0.29, 0.717) is 5.11 Å². The van der Waals surface area contributed by atoms with Crippen LogP contribution in [-0.2, 0) is 6.42 Å². The van der Waals surface area contributed by atoms with Gasteiger partial charge < -0.3 is 10.6 Å². The molecule has 1 heterocycles. The highest BCUT2D eigenvalue weighted by Crippen LogP contribution is 2.15. The summed E-state index contributed by atoms with van der Waals surface area (Å²) >= 11 is 5.13. The second kappa shape index (κ2) is 6.31. The third-order valence-electron chi connectivity index (χ3n) is 2.73. The summed E-state index contributed by atoms with van der Waals surface area (Å²) in [5.74, 6) is 0. The molecule has 0 saturated carbocycles. The molecule has 0 atom stereocenters. The van der Waals surface area contributed by atoms with E-state index in [9.17, 15) is 0 Å². The molecule has 1 aromatic carbocycles. The molecule has 4 heteroatoms. The Labute approximate surface area is 113 Å². The van der Waals surface area contributed by atoms with E-state index in [2.05, 4.69) is 39.9 Å². The third kappa shape index (κ3) is 3.17. The van der Waals surface area contributed by atoms with Gasteiger partial charge >= 0.3 is 0 Å². The fraction of sp³-hybridized carbons (Fsp3) is 0.286. The molecule has 0 amide bonds. The number of hydrogen-bond donors (Lipinski definition) is 2. The van der Waals surface area contributed by atoms with Gasteiger partial charge in [-0.1, -0.05) is 24.3 Å². The number of aromatic nitrogens is 1. The minimum atomic E-state index is 0.714. The van der Waals surface area contributed by atoms with Gasteiger partial charge in [0.1, 0.15) is 0 Å². The lowest BCUT2D eigenvalue weighted by atomic mass is 10.1. The maximum atomic E-state index is 5.13. The van der Waals surface area contributed by atoms with E-state index < -0.39 is 0 Å². The zero-order chi connectivity index (χ0) is 12.8. The predicted molar refractivity (Wildman–Crippen MR) is 79.7 cm³/mol. The van der Waals surface area contributed by atoms with E-state index in [4.69, 9.17) is 12.2 Å². The van der Waals surface area contributed by atoms with Crippen LogP contribution in [-0.4, -0.2) is 23.2 Å². The van der Waals surface area contributed by atoms with Gasteiger partial charge in [-0.15, -0.1) is 0 Å². The van der Waals surface area contributed by atoms with Gasteiger partial charge in [0.2, 0.25) is 0 Å². The van der Waals surface area contributed by atoms with Crippen molar-refractivity contribution in [2.24, 2.45) is 0 Å². The third-order valence-corrected chi connectivity index (χ3v) is 3.02. The quantitative estimate of drug-likeness (QED) is 0.826. The Morgan fingerprint density at radius 3 is 2.89 bits per heavy atom. The van der Waals surface area contributed by atoms with Crippen LogP contribution in [0.15, 0.2) is 36.5 Å². The number of rotatable bonds is 4.